The first-order chi connectivity index (χ1) is 12.2. The first-order valence-electron chi connectivity index (χ1n) is 11.3. The average Bonchev–Trinajstić information content (AvgIpc) is 2.61. The molecule has 0 aromatic carbocycles. The fraction of sp³-hybridized carbons (Fsp3) is 0.958. The van der Waals surface area contributed by atoms with Crippen LogP contribution in [0, 0.1) is 16.7 Å². The maximum Gasteiger partial charge on any atom is 0.311 e. The number of hydrogen-bond acceptors (Lipinski definition) is 2. The summed E-state index contributed by atoms with van der Waals surface area (Å²) in [7, 11) is 1.50. The van der Waals surface area contributed by atoms with Crippen molar-refractivity contribution in [2.24, 2.45) is 16.7 Å². The SMILES string of the molecule is CCCCCCCCCCCCCCC(C)C(C)(C)C(C)(C)C(=O)OC. The molecule has 0 radical (unpaired) electrons. The fourth-order valence-electron chi connectivity index (χ4n) is 3.79. The number of unbranched alkanes of at least 4 members (excludes halogenated alkanes) is 11. The van der Waals surface area contributed by atoms with Gasteiger partial charge in [0.2, 0.25) is 0 Å². The quantitative estimate of drug-likeness (QED) is 0.204. The van der Waals surface area contributed by atoms with Crippen LogP contribution in [0.2, 0.25) is 0 Å². The second kappa shape index (κ2) is 13.6. The van der Waals surface area contributed by atoms with Crippen molar-refractivity contribution in [2.75, 3.05) is 7.11 Å². The lowest BCUT2D eigenvalue weighted by molar-refractivity contribution is -0.160. The zero-order valence-corrected chi connectivity index (χ0v) is 19.1. The van der Waals surface area contributed by atoms with Gasteiger partial charge in [-0.05, 0) is 25.2 Å². The van der Waals surface area contributed by atoms with Gasteiger partial charge in [-0.15, -0.1) is 0 Å². The highest BCUT2D eigenvalue weighted by Crippen LogP contribution is 2.46. The van der Waals surface area contributed by atoms with Gasteiger partial charge in [0.25, 0.3) is 0 Å². The largest absolute Gasteiger partial charge is 0.469 e. The van der Waals surface area contributed by atoms with Crippen molar-refractivity contribution in [1.29, 1.82) is 0 Å². The lowest BCUT2D eigenvalue weighted by Gasteiger charge is -2.43. The van der Waals surface area contributed by atoms with Crippen LogP contribution in [0.4, 0.5) is 0 Å². The zero-order chi connectivity index (χ0) is 20.1. The second-order valence-corrected chi connectivity index (χ2v) is 9.42. The molecule has 1 unspecified atom stereocenters. The monoisotopic (exact) mass is 368 g/mol. The highest BCUT2D eigenvalue weighted by Gasteiger charge is 2.46. The molecule has 0 heterocycles. The van der Waals surface area contributed by atoms with Crippen LogP contribution in [0.1, 0.15) is 125 Å². The van der Waals surface area contributed by atoms with Crippen molar-refractivity contribution in [3.63, 3.8) is 0 Å². The smallest absolute Gasteiger partial charge is 0.311 e. The molecule has 0 aliphatic heterocycles. The van der Waals surface area contributed by atoms with Crippen LogP contribution in [-0.4, -0.2) is 13.1 Å². The number of carbonyl (C=O) groups is 1. The molecule has 2 nitrogen and oxygen atoms in total. The van der Waals surface area contributed by atoms with Crippen LogP contribution in [0.5, 0.6) is 0 Å². The maximum atomic E-state index is 12.1. The van der Waals surface area contributed by atoms with E-state index in [2.05, 4.69) is 27.7 Å². The van der Waals surface area contributed by atoms with Gasteiger partial charge < -0.3 is 4.74 Å². The van der Waals surface area contributed by atoms with E-state index in [9.17, 15) is 4.79 Å². The van der Waals surface area contributed by atoms with Crippen molar-refractivity contribution in [2.45, 2.75) is 125 Å². The van der Waals surface area contributed by atoms with Crippen molar-refractivity contribution < 1.29 is 9.53 Å². The Labute approximate surface area is 164 Å². The standard InChI is InChI=1S/C24H48O2/c1-8-9-10-11-12-13-14-15-16-17-18-19-20-21(2)23(3,4)24(5,6)22(25)26-7/h21H,8-20H2,1-7H3. The van der Waals surface area contributed by atoms with Crippen LogP contribution in [0.3, 0.4) is 0 Å². The molecule has 26 heavy (non-hydrogen) atoms. The highest BCUT2D eigenvalue weighted by molar-refractivity contribution is 5.76. The van der Waals surface area contributed by atoms with E-state index in [1.54, 1.807) is 0 Å². The zero-order valence-electron chi connectivity index (χ0n) is 19.1. The molecule has 0 aromatic rings. The Balaban J connectivity index is 3.79. The third-order valence-electron chi connectivity index (χ3n) is 7.03. The van der Waals surface area contributed by atoms with E-state index in [1.807, 2.05) is 13.8 Å². The predicted octanol–water partition coefficient (Wildman–Crippen LogP) is 7.94. The van der Waals surface area contributed by atoms with E-state index in [0.29, 0.717) is 5.92 Å². The summed E-state index contributed by atoms with van der Waals surface area (Å²) < 4.78 is 5.03. The van der Waals surface area contributed by atoms with Gasteiger partial charge in [0.15, 0.2) is 0 Å². The summed E-state index contributed by atoms with van der Waals surface area (Å²) in [6, 6.07) is 0. The first kappa shape index (κ1) is 25.5. The average molecular weight is 369 g/mol. The van der Waals surface area contributed by atoms with Gasteiger partial charge in [-0.1, -0.05) is 111 Å². The van der Waals surface area contributed by atoms with Crippen molar-refractivity contribution in [1.82, 2.24) is 0 Å². The summed E-state index contributed by atoms with van der Waals surface area (Å²) in [5.41, 5.74) is -0.504. The summed E-state index contributed by atoms with van der Waals surface area (Å²) in [5, 5.41) is 0. The Morgan fingerprint density at radius 3 is 1.54 bits per heavy atom. The molecule has 0 fully saturated rings. The van der Waals surface area contributed by atoms with Gasteiger partial charge in [-0.2, -0.15) is 0 Å². The first-order valence-corrected chi connectivity index (χ1v) is 11.3. The molecular weight excluding hydrogens is 320 g/mol. The minimum Gasteiger partial charge on any atom is -0.469 e. The molecule has 0 saturated carbocycles. The van der Waals surface area contributed by atoms with Gasteiger partial charge in [0.05, 0.1) is 12.5 Å². The van der Waals surface area contributed by atoms with Gasteiger partial charge >= 0.3 is 5.97 Å². The molecule has 0 aliphatic carbocycles. The molecular formula is C24H48O2. The topological polar surface area (TPSA) is 26.3 Å². The predicted molar refractivity (Wildman–Crippen MR) is 114 cm³/mol. The Morgan fingerprint density at radius 2 is 1.15 bits per heavy atom. The number of ether oxygens (including phenoxy) is 1. The van der Waals surface area contributed by atoms with Gasteiger partial charge in [-0.25, -0.2) is 0 Å². The third kappa shape index (κ3) is 8.91. The normalized spacial score (nSPS) is 13.7. The van der Waals surface area contributed by atoms with E-state index in [0.717, 1.165) is 0 Å². The van der Waals surface area contributed by atoms with Crippen LogP contribution >= 0.6 is 0 Å². The van der Waals surface area contributed by atoms with Crippen LogP contribution < -0.4 is 0 Å². The van der Waals surface area contributed by atoms with E-state index in [-0.39, 0.29) is 11.4 Å². The molecule has 156 valence electrons. The van der Waals surface area contributed by atoms with Gasteiger partial charge in [-0.3, -0.25) is 4.79 Å². The number of hydrogen-bond donors (Lipinski definition) is 0. The third-order valence-corrected chi connectivity index (χ3v) is 7.03. The van der Waals surface area contributed by atoms with E-state index < -0.39 is 5.41 Å². The minimum absolute atomic E-state index is 0.0577. The molecule has 0 N–H and O–H groups in total. The van der Waals surface area contributed by atoms with E-state index >= 15 is 0 Å². The number of methoxy groups -OCH3 is 1. The minimum atomic E-state index is -0.446. The lowest BCUT2D eigenvalue weighted by atomic mass is 9.60. The second-order valence-electron chi connectivity index (χ2n) is 9.42. The van der Waals surface area contributed by atoms with Crippen molar-refractivity contribution in [3.05, 3.63) is 0 Å². The summed E-state index contributed by atoms with van der Waals surface area (Å²) in [4.78, 5) is 12.1. The molecule has 1 atom stereocenters. The molecule has 0 rings (SSSR count). The number of carbonyl (C=O) groups excluding carboxylic acids is 1. The van der Waals surface area contributed by atoms with Crippen molar-refractivity contribution in [3.8, 4) is 0 Å². The number of rotatable bonds is 16. The Hall–Kier alpha value is -0.530. The van der Waals surface area contributed by atoms with Crippen molar-refractivity contribution >= 4 is 5.97 Å². The molecule has 0 aliphatic rings. The Morgan fingerprint density at radius 1 is 0.769 bits per heavy atom. The van der Waals surface area contributed by atoms with Crippen LogP contribution in [0.15, 0.2) is 0 Å². The van der Waals surface area contributed by atoms with E-state index in [4.69, 9.17) is 4.74 Å². The summed E-state index contributed by atoms with van der Waals surface area (Å²) in [5.74, 6) is 0.420. The fourth-order valence-corrected chi connectivity index (χ4v) is 3.79. The highest BCUT2D eigenvalue weighted by atomic mass is 16.5. The molecule has 0 aromatic heterocycles. The van der Waals surface area contributed by atoms with Gasteiger partial charge in [0.1, 0.15) is 0 Å². The number of esters is 1. The molecule has 0 saturated heterocycles. The molecule has 0 spiro atoms. The maximum absolute atomic E-state index is 12.1. The summed E-state index contributed by atoms with van der Waals surface area (Å²) >= 11 is 0. The Kier molecular flexibility index (Phi) is 13.3. The summed E-state index contributed by atoms with van der Waals surface area (Å²) in [6.45, 7) is 13.1. The van der Waals surface area contributed by atoms with Gasteiger partial charge in [0, 0.05) is 0 Å². The van der Waals surface area contributed by atoms with E-state index in [1.165, 1.54) is 90.6 Å². The Bertz CT molecular complexity index is 357. The molecule has 0 amide bonds. The van der Waals surface area contributed by atoms with Crippen LogP contribution in [-0.2, 0) is 9.53 Å². The van der Waals surface area contributed by atoms with Crippen LogP contribution in [0.25, 0.3) is 0 Å². The summed E-state index contributed by atoms with van der Waals surface area (Å²) in [6.07, 6.45) is 17.9. The molecule has 0 bridgehead atoms. The molecule has 2 heteroatoms. The lowest BCUT2D eigenvalue weighted by Crippen LogP contribution is -2.44.